The van der Waals surface area contributed by atoms with Crippen LogP contribution in [0.5, 0.6) is 0 Å². The average Bonchev–Trinajstić information content (AvgIpc) is 3.37. The Kier molecular flexibility index (Phi) is 5.18. The van der Waals surface area contributed by atoms with E-state index in [2.05, 4.69) is 15.7 Å². The van der Waals surface area contributed by atoms with Crippen LogP contribution in [0.2, 0.25) is 0 Å². The summed E-state index contributed by atoms with van der Waals surface area (Å²) in [7, 11) is 0. The Balaban J connectivity index is 1.29. The van der Waals surface area contributed by atoms with Gasteiger partial charge in [0.25, 0.3) is 5.91 Å². The maximum atomic E-state index is 12.7. The summed E-state index contributed by atoms with van der Waals surface area (Å²) in [6.07, 6.45) is 6.47. The lowest BCUT2D eigenvalue weighted by atomic mass is 9.97. The van der Waals surface area contributed by atoms with Crippen LogP contribution >= 0.6 is 0 Å². The Morgan fingerprint density at radius 2 is 1.97 bits per heavy atom. The fraction of sp³-hybridized carbons (Fsp3) is 0.737. The zero-order valence-electron chi connectivity index (χ0n) is 16.8. The van der Waals surface area contributed by atoms with Crippen molar-refractivity contribution in [3.63, 3.8) is 0 Å². The van der Waals surface area contributed by atoms with E-state index in [0.29, 0.717) is 32.4 Å². The topological polar surface area (TPSA) is 118 Å². The molecule has 4 rings (SSSR count). The molecule has 29 heavy (non-hydrogen) atoms. The summed E-state index contributed by atoms with van der Waals surface area (Å²) in [6, 6.07) is -1.36. The van der Waals surface area contributed by atoms with Crippen molar-refractivity contribution in [2.75, 3.05) is 6.54 Å². The van der Waals surface area contributed by atoms with E-state index in [1.54, 1.807) is 11.5 Å². The van der Waals surface area contributed by atoms with Gasteiger partial charge in [0.05, 0.1) is 0 Å². The highest BCUT2D eigenvalue weighted by Crippen LogP contribution is 2.35. The normalized spacial score (nSPS) is 21.3. The van der Waals surface area contributed by atoms with Crippen molar-refractivity contribution in [2.24, 2.45) is 0 Å². The van der Waals surface area contributed by atoms with E-state index in [0.717, 1.165) is 49.4 Å². The molecular weight excluding hydrogens is 376 g/mol. The first-order chi connectivity index (χ1) is 13.9. The van der Waals surface area contributed by atoms with Crippen LogP contribution in [0.3, 0.4) is 0 Å². The van der Waals surface area contributed by atoms with Crippen LogP contribution in [-0.2, 0) is 29.1 Å². The van der Waals surface area contributed by atoms with E-state index in [1.807, 2.05) is 0 Å². The molecule has 1 aromatic heterocycles. The Morgan fingerprint density at radius 1 is 1.21 bits per heavy atom. The molecule has 0 radical (unpaired) electrons. The van der Waals surface area contributed by atoms with Crippen LogP contribution < -0.4 is 16.3 Å². The predicted molar refractivity (Wildman–Crippen MR) is 103 cm³/mol. The lowest BCUT2D eigenvalue weighted by Crippen LogP contribution is -2.50. The van der Waals surface area contributed by atoms with Gasteiger partial charge in [0.1, 0.15) is 17.4 Å². The van der Waals surface area contributed by atoms with Crippen LogP contribution in [0.25, 0.3) is 0 Å². The smallest absolute Gasteiger partial charge is 0.345 e. The number of aryl methyl sites for hydroxylation is 2. The second-order valence-electron chi connectivity index (χ2n) is 8.25. The lowest BCUT2D eigenvalue weighted by Gasteiger charge is -2.23. The molecule has 158 valence electrons. The third-order valence-corrected chi connectivity index (χ3v) is 6.29. The van der Waals surface area contributed by atoms with Crippen molar-refractivity contribution in [3.8, 4) is 0 Å². The molecular formula is C19H28N6O4. The maximum absolute atomic E-state index is 12.7. The van der Waals surface area contributed by atoms with Crippen molar-refractivity contribution in [3.05, 3.63) is 16.3 Å². The van der Waals surface area contributed by atoms with Crippen molar-refractivity contribution in [2.45, 2.75) is 83.0 Å². The van der Waals surface area contributed by atoms with E-state index in [1.165, 1.54) is 4.68 Å². The predicted octanol–water partition coefficient (Wildman–Crippen LogP) is 0.141. The molecule has 2 fully saturated rings. The number of imide groups is 1. The van der Waals surface area contributed by atoms with Gasteiger partial charge in [-0.05, 0) is 39.0 Å². The highest BCUT2D eigenvalue weighted by Gasteiger charge is 2.54. The number of aromatic nitrogens is 3. The second-order valence-corrected chi connectivity index (χ2v) is 8.25. The molecule has 4 amide bonds. The van der Waals surface area contributed by atoms with Gasteiger partial charge in [-0.1, -0.05) is 12.8 Å². The molecule has 2 aliphatic heterocycles. The van der Waals surface area contributed by atoms with Gasteiger partial charge in [0.2, 0.25) is 5.91 Å². The number of rotatable bonds is 6. The lowest BCUT2D eigenvalue weighted by molar-refractivity contribution is -0.137. The van der Waals surface area contributed by atoms with E-state index in [-0.39, 0.29) is 17.5 Å². The minimum atomic E-state index is -0.870. The minimum Gasteiger partial charge on any atom is -0.354 e. The number of nitrogens with zero attached hydrogens (tertiary/aromatic N) is 4. The number of amides is 4. The van der Waals surface area contributed by atoms with Gasteiger partial charge in [0.15, 0.2) is 0 Å². The van der Waals surface area contributed by atoms with Gasteiger partial charge < -0.3 is 10.6 Å². The molecule has 1 aromatic rings. The number of nitrogens with one attached hydrogen (secondary N) is 2. The fourth-order valence-corrected chi connectivity index (χ4v) is 4.61. The van der Waals surface area contributed by atoms with Gasteiger partial charge in [-0.15, -0.1) is 0 Å². The zero-order valence-corrected chi connectivity index (χ0v) is 16.8. The monoisotopic (exact) mass is 404 g/mol. The Morgan fingerprint density at radius 3 is 2.69 bits per heavy atom. The summed E-state index contributed by atoms with van der Waals surface area (Å²) in [5.74, 6) is 0.163. The molecule has 2 N–H and O–H groups in total. The number of carbonyl (C=O) groups excluding carboxylic acids is 3. The van der Waals surface area contributed by atoms with Gasteiger partial charge in [-0.2, -0.15) is 5.10 Å². The highest BCUT2D eigenvalue weighted by molar-refractivity contribution is 6.09. The molecule has 0 aromatic carbocycles. The minimum absolute atomic E-state index is 0.0967. The van der Waals surface area contributed by atoms with Crippen LogP contribution in [0, 0.1) is 0 Å². The van der Waals surface area contributed by atoms with Gasteiger partial charge in [-0.3, -0.25) is 14.2 Å². The first kappa shape index (κ1) is 19.7. The van der Waals surface area contributed by atoms with Crippen molar-refractivity contribution < 1.29 is 14.4 Å². The van der Waals surface area contributed by atoms with E-state index >= 15 is 0 Å². The van der Waals surface area contributed by atoms with Gasteiger partial charge in [-0.25, -0.2) is 19.2 Å². The molecule has 10 nitrogen and oxygen atoms in total. The number of urea groups is 1. The largest absolute Gasteiger partial charge is 0.354 e. The molecule has 1 atom stereocenters. The number of hydrogen-bond acceptors (Lipinski definition) is 5. The van der Waals surface area contributed by atoms with E-state index in [9.17, 15) is 19.2 Å². The highest BCUT2D eigenvalue weighted by atomic mass is 16.2. The molecule has 3 heterocycles. The Labute approximate surface area is 168 Å². The summed E-state index contributed by atoms with van der Waals surface area (Å²) in [5, 5.41) is 9.93. The molecule has 1 saturated carbocycles. The van der Waals surface area contributed by atoms with E-state index < -0.39 is 17.6 Å². The van der Waals surface area contributed by atoms with Gasteiger partial charge in [0, 0.05) is 26.1 Å². The van der Waals surface area contributed by atoms with Gasteiger partial charge >= 0.3 is 11.7 Å². The van der Waals surface area contributed by atoms with Crippen LogP contribution in [0.1, 0.15) is 57.7 Å². The molecule has 1 unspecified atom stereocenters. The maximum Gasteiger partial charge on any atom is 0.345 e. The number of hydrogen-bond donors (Lipinski definition) is 2. The Bertz CT molecular complexity index is 882. The van der Waals surface area contributed by atoms with Crippen molar-refractivity contribution in [1.82, 2.24) is 29.9 Å². The quantitative estimate of drug-likeness (QED) is 0.516. The summed E-state index contributed by atoms with van der Waals surface area (Å²) in [4.78, 5) is 50.9. The van der Waals surface area contributed by atoms with Crippen LogP contribution in [-0.4, -0.2) is 55.2 Å². The molecule has 0 bridgehead atoms. The molecule has 3 aliphatic rings. The molecule has 10 heteroatoms. The molecule has 1 aliphatic carbocycles. The SMILES string of the molecule is CC(C(=O)NCCCn1nc2n(c1=O)CCCC2)N1C(=O)NC2(CCCC2)C1=O. The fourth-order valence-electron chi connectivity index (χ4n) is 4.61. The molecule has 1 spiro atoms. The summed E-state index contributed by atoms with van der Waals surface area (Å²) < 4.78 is 3.18. The summed E-state index contributed by atoms with van der Waals surface area (Å²) in [6.45, 7) is 3.04. The standard InChI is InChI=1S/C19H28N6O4/c1-13(25-16(27)19(21-17(25)28)8-3-4-9-19)15(26)20-10-6-12-24-18(29)23-11-5-2-7-14(23)22-24/h13H,2-12H2,1H3,(H,20,26)(H,21,28). The van der Waals surface area contributed by atoms with Crippen LogP contribution in [0.15, 0.2) is 4.79 Å². The summed E-state index contributed by atoms with van der Waals surface area (Å²) in [5.41, 5.74) is -0.909. The van der Waals surface area contributed by atoms with Crippen LogP contribution in [0.4, 0.5) is 4.79 Å². The summed E-state index contributed by atoms with van der Waals surface area (Å²) >= 11 is 0. The third kappa shape index (κ3) is 3.44. The Hall–Kier alpha value is -2.65. The van der Waals surface area contributed by atoms with Crippen molar-refractivity contribution >= 4 is 17.8 Å². The first-order valence-electron chi connectivity index (χ1n) is 10.5. The molecule has 1 saturated heterocycles. The average molecular weight is 404 g/mol. The number of fused-ring (bicyclic) bond motifs is 1. The number of carbonyl (C=O) groups is 3. The zero-order chi connectivity index (χ0) is 20.6. The second kappa shape index (κ2) is 7.64. The van der Waals surface area contributed by atoms with E-state index in [4.69, 9.17) is 0 Å². The third-order valence-electron chi connectivity index (χ3n) is 6.29. The first-order valence-corrected chi connectivity index (χ1v) is 10.5. The van der Waals surface area contributed by atoms with Crippen molar-refractivity contribution in [1.29, 1.82) is 0 Å².